The van der Waals surface area contributed by atoms with Crippen LogP contribution in [0.3, 0.4) is 0 Å². The molecule has 2 aromatic heterocycles. The topological polar surface area (TPSA) is 101 Å². The molecule has 1 amide bonds. The van der Waals surface area contributed by atoms with Crippen LogP contribution in [0, 0.1) is 0 Å². The van der Waals surface area contributed by atoms with E-state index in [2.05, 4.69) is 5.32 Å². The van der Waals surface area contributed by atoms with Crippen molar-refractivity contribution in [3.8, 4) is 17.2 Å². The van der Waals surface area contributed by atoms with E-state index in [1.165, 1.54) is 44.3 Å². The van der Waals surface area contributed by atoms with Crippen LogP contribution in [0.2, 0.25) is 0 Å². The molecule has 3 rings (SSSR count). The molecule has 3 aromatic rings. The molecule has 0 saturated heterocycles. The number of methoxy groups -OCH3 is 3. The van der Waals surface area contributed by atoms with Gasteiger partial charge in [0.25, 0.3) is 5.56 Å². The first kappa shape index (κ1) is 19.5. The highest BCUT2D eigenvalue weighted by Gasteiger charge is 2.17. The predicted molar refractivity (Wildman–Crippen MR) is 106 cm³/mol. The van der Waals surface area contributed by atoms with Gasteiger partial charge in [-0.05, 0) is 11.4 Å². The van der Waals surface area contributed by atoms with Gasteiger partial charge < -0.3 is 19.5 Å². The van der Waals surface area contributed by atoms with Gasteiger partial charge in [0, 0.05) is 24.9 Å². The highest BCUT2D eigenvalue weighted by atomic mass is 32.1. The summed E-state index contributed by atoms with van der Waals surface area (Å²) in [6.07, 6.45) is 0. The van der Waals surface area contributed by atoms with Crippen molar-refractivity contribution in [1.29, 1.82) is 0 Å². The summed E-state index contributed by atoms with van der Waals surface area (Å²) in [5.41, 5.74) is -0.0932. The Kier molecular flexibility index (Phi) is 5.41. The maximum Gasteiger partial charge on any atom is 0.331 e. The summed E-state index contributed by atoms with van der Waals surface area (Å²) in [7, 11) is 5.81. The third kappa shape index (κ3) is 3.33. The lowest BCUT2D eigenvalue weighted by molar-refractivity contribution is -0.116. The highest BCUT2D eigenvalue weighted by Crippen LogP contribution is 2.39. The number of nitrogens with zero attached hydrogens (tertiary/aromatic N) is 2. The molecular weight excluding hydrogens is 386 g/mol. The minimum atomic E-state index is -0.559. The number of aromatic nitrogens is 2. The SMILES string of the molecule is COc1cc(NC(=O)Cn2c(=O)n(C)c(=O)c3sccc32)cc(OC)c1OC. The lowest BCUT2D eigenvalue weighted by Crippen LogP contribution is -2.39. The van der Waals surface area contributed by atoms with Crippen LogP contribution >= 0.6 is 11.3 Å². The van der Waals surface area contributed by atoms with Crippen molar-refractivity contribution in [2.24, 2.45) is 7.05 Å². The Labute approximate surface area is 163 Å². The summed E-state index contributed by atoms with van der Waals surface area (Å²) >= 11 is 1.22. The van der Waals surface area contributed by atoms with Crippen molar-refractivity contribution in [2.75, 3.05) is 26.6 Å². The maximum atomic E-state index is 12.6. The van der Waals surface area contributed by atoms with E-state index in [-0.39, 0.29) is 12.1 Å². The molecule has 0 saturated carbocycles. The van der Waals surface area contributed by atoms with E-state index in [9.17, 15) is 14.4 Å². The second-order valence-electron chi connectivity index (χ2n) is 5.83. The van der Waals surface area contributed by atoms with Crippen molar-refractivity contribution in [3.63, 3.8) is 0 Å². The Morgan fingerprint density at radius 1 is 1.11 bits per heavy atom. The van der Waals surface area contributed by atoms with Gasteiger partial charge in [-0.1, -0.05) is 0 Å². The van der Waals surface area contributed by atoms with Crippen LogP contribution in [0.5, 0.6) is 17.2 Å². The molecule has 0 aliphatic heterocycles. The van der Waals surface area contributed by atoms with Crippen molar-refractivity contribution in [3.05, 3.63) is 44.4 Å². The number of ether oxygens (including phenoxy) is 3. The van der Waals surface area contributed by atoms with E-state index in [1.54, 1.807) is 23.6 Å². The van der Waals surface area contributed by atoms with Crippen LogP contribution in [0.4, 0.5) is 5.69 Å². The average Bonchev–Trinajstić information content (AvgIpc) is 3.18. The third-order valence-electron chi connectivity index (χ3n) is 4.20. The normalized spacial score (nSPS) is 10.7. The van der Waals surface area contributed by atoms with Crippen LogP contribution in [0.25, 0.3) is 10.2 Å². The quantitative estimate of drug-likeness (QED) is 0.666. The number of thiophene rings is 1. The van der Waals surface area contributed by atoms with Crippen molar-refractivity contribution in [1.82, 2.24) is 9.13 Å². The first-order valence-corrected chi connectivity index (χ1v) is 9.06. The van der Waals surface area contributed by atoms with Gasteiger partial charge >= 0.3 is 5.69 Å². The van der Waals surface area contributed by atoms with Gasteiger partial charge in [-0.3, -0.25) is 18.7 Å². The first-order chi connectivity index (χ1) is 13.4. The Morgan fingerprint density at radius 3 is 2.32 bits per heavy atom. The average molecular weight is 405 g/mol. The fourth-order valence-corrected chi connectivity index (χ4v) is 3.72. The lowest BCUT2D eigenvalue weighted by atomic mass is 10.2. The second kappa shape index (κ2) is 7.77. The Hall–Kier alpha value is -3.27. The molecule has 0 atom stereocenters. The minimum Gasteiger partial charge on any atom is -0.493 e. The molecule has 0 unspecified atom stereocenters. The Morgan fingerprint density at radius 2 is 1.75 bits per heavy atom. The molecule has 0 bridgehead atoms. The smallest absolute Gasteiger partial charge is 0.331 e. The number of nitrogens with one attached hydrogen (secondary N) is 1. The van der Waals surface area contributed by atoms with Crippen LogP contribution in [0.15, 0.2) is 33.2 Å². The molecule has 1 aromatic carbocycles. The highest BCUT2D eigenvalue weighted by molar-refractivity contribution is 7.17. The lowest BCUT2D eigenvalue weighted by Gasteiger charge is -2.15. The van der Waals surface area contributed by atoms with Crippen LogP contribution < -0.4 is 30.8 Å². The predicted octanol–water partition coefficient (Wildman–Crippen LogP) is 1.43. The fourth-order valence-electron chi connectivity index (χ4n) is 2.85. The standard InChI is InChI=1S/C18H19N3O6S/c1-20-17(23)16-11(5-6-28-16)21(18(20)24)9-14(22)19-10-7-12(25-2)15(27-4)13(8-10)26-3/h5-8H,9H2,1-4H3,(H,19,22). The minimum absolute atomic E-state index is 0.253. The molecule has 148 valence electrons. The summed E-state index contributed by atoms with van der Waals surface area (Å²) in [5, 5.41) is 4.42. The molecule has 1 N–H and O–H groups in total. The molecule has 0 radical (unpaired) electrons. The molecular formula is C18H19N3O6S. The van der Waals surface area contributed by atoms with Crippen molar-refractivity contribution < 1.29 is 19.0 Å². The summed E-state index contributed by atoms with van der Waals surface area (Å²) < 4.78 is 18.5. The number of amides is 1. The number of benzene rings is 1. The van der Waals surface area contributed by atoms with Crippen LogP contribution in [0.1, 0.15) is 0 Å². The zero-order valence-corrected chi connectivity index (χ0v) is 16.6. The first-order valence-electron chi connectivity index (χ1n) is 8.18. The number of hydrogen-bond acceptors (Lipinski definition) is 7. The van der Waals surface area contributed by atoms with E-state index in [1.807, 2.05) is 0 Å². The molecule has 10 heteroatoms. The number of carbonyl (C=O) groups is 1. The maximum absolute atomic E-state index is 12.6. The van der Waals surface area contributed by atoms with E-state index in [4.69, 9.17) is 14.2 Å². The Balaban J connectivity index is 1.94. The van der Waals surface area contributed by atoms with E-state index in [0.29, 0.717) is 33.2 Å². The molecule has 0 fully saturated rings. The third-order valence-corrected chi connectivity index (χ3v) is 5.09. The van der Waals surface area contributed by atoms with Crippen molar-refractivity contribution in [2.45, 2.75) is 6.54 Å². The monoisotopic (exact) mass is 405 g/mol. The summed E-state index contributed by atoms with van der Waals surface area (Å²) in [5.74, 6) is 0.730. The second-order valence-corrected chi connectivity index (χ2v) is 6.75. The number of anilines is 1. The van der Waals surface area contributed by atoms with Crippen molar-refractivity contribution >= 4 is 33.1 Å². The largest absolute Gasteiger partial charge is 0.493 e. The number of rotatable bonds is 6. The summed E-state index contributed by atoms with van der Waals surface area (Å²) in [6.45, 7) is -0.253. The van der Waals surface area contributed by atoms with Gasteiger partial charge in [0.2, 0.25) is 11.7 Å². The molecule has 9 nitrogen and oxygen atoms in total. The summed E-state index contributed by atoms with van der Waals surface area (Å²) in [4.78, 5) is 37.2. The van der Waals surface area contributed by atoms with E-state index >= 15 is 0 Å². The molecule has 2 heterocycles. The molecule has 0 aliphatic rings. The number of fused-ring (bicyclic) bond motifs is 1. The zero-order chi connectivity index (χ0) is 20.4. The zero-order valence-electron chi connectivity index (χ0n) is 15.8. The van der Waals surface area contributed by atoms with E-state index in [0.717, 1.165) is 4.57 Å². The van der Waals surface area contributed by atoms with Crippen LogP contribution in [-0.2, 0) is 18.4 Å². The molecule has 0 spiro atoms. The summed E-state index contributed by atoms with van der Waals surface area (Å²) in [6, 6.07) is 4.82. The number of carbonyl (C=O) groups excluding carboxylic acids is 1. The van der Waals surface area contributed by atoms with Gasteiger partial charge in [-0.25, -0.2) is 4.79 Å². The van der Waals surface area contributed by atoms with E-state index < -0.39 is 11.6 Å². The molecule has 28 heavy (non-hydrogen) atoms. The van der Waals surface area contributed by atoms with Crippen LogP contribution in [-0.4, -0.2) is 36.4 Å². The van der Waals surface area contributed by atoms with Gasteiger partial charge in [0.1, 0.15) is 11.2 Å². The van der Waals surface area contributed by atoms with Gasteiger partial charge in [-0.2, -0.15) is 0 Å². The number of hydrogen-bond donors (Lipinski definition) is 1. The van der Waals surface area contributed by atoms with Gasteiger partial charge in [0.05, 0.1) is 26.8 Å². The molecule has 0 aliphatic carbocycles. The Bertz CT molecular complexity index is 1140. The van der Waals surface area contributed by atoms with Gasteiger partial charge in [-0.15, -0.1) is 11.3 Å². The fraction of sp³-hybridized carbons (Fsp3) is 0.278. The van der Waals surface area contributed by atoms with Gasteiger partial charge in [0.15, 0.2) is 11.5 Å².